The highest BCUT2D eigenvalue weighted by Crippen LogP contribution is 2.34. The first-order valence-electron chi connectivity index (χ1n) is 12.6. The maximum absolute atomic E-state index is 12.2. The number of carbonyl (C=O) groups is 1. The van der Waals surface area contributed by atoms with Crippen LogP contribution in [0.4, 0.5) is 10.6 Å². The quantitative estimate of drug-likeness (QED) is 0.326. The molecule has 7 nitrogen and oxygen atoms in total. The van der Waals surface area contributed by atoms with E-state index in [2.05, 4.69) is 5.32 Å². The van der Waals surface area contributed by atoms with Crippen LogP contribution in [0.25, 0.3) is 11.3 Å². The SMILES string of the molecule is CCO[C@H]1CN(C(=O)O)C(Cc2ccccc2)[C@H]1Nc1nc(CC)c(-c2ccc(Cl)cc2Cl)nc1CC. The Bertz CT molecular complexity index is 1240. The van der Waals surface area contributed by atoms with Crippen molar-refractivity contribution < 1.29 is 14.6 Å². The van der Waals surface area contributed by atoms with E-state index in [1.54, 1.807) is 12.1 Å². The van der Waals surface area contributed by atoms with E-state index in [9.17, 15) is 9.90 Å². The molecular formula is C28H32Cl2N4O3. The number of nitrogens with zero attached hydrogens (tertiary/aromatic N) is 3. The van der Waals surface area contributed by atoms with Crippen LogP contribution in [-0.2, 0) is 24.0 Å². The van der Waals surface area contributed by atoms with Crippen molar-refractivity contribution in [3.8, 4) is 11.3 Å². The summed E-state index contributed by atoms with van der Waals surface area (Å²) < 4.78 is 6.04. The van der Waals surface area contributed by atoms with Crippen molar-refractivity contribution in [2.24, 2.45) is 0 Å². The Hall–Kier alpha value is -2.87. The van der Waals surface area contributed by atoms with E-state index >= 15 is 0 Å². The van der Waals surface area contributed by atoms with Crippen LogP contribution >= 0.6 is 23.2 Å². The molecule has 3 aromatic rings. The van der Waals surface area contributed by atoms with E-state index in [4.69, 9.17) is 37.9 Å². The maximum atomic E-state index is 12.2. The van der Waals surface area contributed by atoms with Crippen molar-refractivity contribution in [1.82, 2.24) is 14.9 Å². The molecule has 1 aliphatic heterocycles. The molecule has 9 heteroatoms. The standard InChI is InChI=1S/C28H32Cl2N4O3/c1-4-21-25(19-13-12-18(29)15-20(19)30)31-22(5-2)27(32-21)33-26-23(14-17-10-8-7-9-11-17)34(28(35)36)16-24(26)37-6-3/h7-13,15,23-24,26H,4-6,14,16H2,1-3H3,(H,32,33)(H,35,36)/t23?,24-,26+/m0/s1. The zero-order valence-electron chi connectivity index (χ0n) is 21.2. The summed E-state index contributed by atoms with van der Waals surface area (Å²) in [6.07, 6.45) is 0.557. The summed E-state index contributed by atoms with van der Waals surface area (Å²) in [5.74, 6) is 0.646. The fourth-order valence-electron chi connectivity index (χ4n) is 4.93. The fraction of sp³-hybridized carbons (Fsp3) is 0.393. The van der Waals surface area contributed by atoms with Crippen LogP contribution in [0.1, 0.15) is 37.7 Å². The van der Waals surface area contributed by atoms with E-state index in [0.717, 1.165) is 28.2 Å². The van der Waals surface area contributed by atoms with Gasteiger partial charge in [0.15, 0.2) is 0 Å². The molecule has 0 saturated carbocycles. The second-order valence-electron chi connectivity index (χ2n) is 9.00. The molecule has 0 spiro atoms. The number of nitrogens with one attached hydrogen (secondary N) is 1. The van der Waals surface area contributed by atoms with Gasteiger partial charge in [0.1, 0.15) is 5.82 Å². The summed E-state index contributed by atoms with van der Waals surface area (Å²) in [7, 11) is 0. The first-order valence-corrected chi connectivity index (χ1v) is 13.4. The molecule has 0 radical (unpaired) electrons. The van der Waals surface area contributed by atoms with Gasteiger partial charge in [-0.1, -0.05) is 67.4 Å². The van der Waals surface area contributed by atoms with Gasteiger partial charge in [-0.2, -0.15) is 0 Å². The van der Waals surface area contributed by atoms with Crippen LogP contribution in [0.5, 0.6) is 0 Å². The third-order valence-corrected chi connectivity index (χ3v) is 7.25. The summed E-state index contributed by atoms with van der Waals surface area (Å²) >= 11 is 12.6. The smallest absolute Gasteiger partial charge is 0.407 e. The highest BCUT2D eigenvalue weighted by Gasteiger charge is 2.45. The molecular weight excluding hydrogens is 511 g/mol. The molecule has 1 unspecified atom stereocenters. The van der Waals surface area contributed by atoms with E-state index in [1.165, 1.54) is 4.90 Å². The lowest BCUT2D eigenvalue weighted by molar-refractivity contribution is 0.0627. The van der Waals surface area contributed by atoms with Crippen LogP contribution < -0.4 is 5.32 Å². The van der Waals surface area contributed by atoms with Crippen molar-refractivity contribution in [1.29, 1.82) is 0 Å². The molecule has 37 heavy (non-hydrogen) atoms. The molecule has 2 heterocycles. The average Bonchev–Trinajstić information content (AvgIpc) is 3.21. The number of aryl methyl sites for hydroxylation is 2. The first-order chi connectivity index (χ1) is 17.9. The number of carboxylic acid groups (broad SMARTS) is 1. The molecule has 0 bridgehead atoms. The van der Waals surface area contributed by atoms with Crippen LogP contribution in [0.3, 0.4) is 0 Å². The molecule has 1 aromatic heterocycles. The maximum Gasteiger partial charge on any atom is 0.407 e. The lowest BCUT2D eigenvalue weighted by Gasteiger charge is -2.29. The summed E-state index contributed by atoms with van der Waals surface area (Å²) in [4.78, 5) is 23.7. The fourth-order valence-corrected chi connectivity index (χ4v) is 5.42. The number of likely N-dealkylation sites (tertiary alicyclic amines) is 1. The van der Waals surface area contributed by atoms with Gasteiger partial charge >= 0.3 is 6.09 Å². The number of amides is 1. The Morgan fingerprint density at radius 3 is 2.43 bits per heavy atom. The number of halogens is 2. The largest absolute Gasteiger partial charge is 0.465 e. The molecule has 2 N–H and O–H groups in total. The summed E-state index contributed by atoms with van der Waals surface area (Å²) in [6, 6.07) is 14.6. The summed E-state index contributed by atoms with van der Waals surface area (Å²) in [6.45, 7) is 6.73. The monoisotopic (exact) mass is 542 g/mol. The first kappa shape index (κ1) is 27.2. The predicted molar refractivity (Wildman–Crippen MR) is 148 cm³/mol. The summed E-state index contributed by atoms with van der Waals surface area (Å²) in [5.41, 5.74) is 4.15. The van der Waals surface area contributed by atoms with Crippen LogP contribution in [0.2, 0.25) is 10.0 Å². The van der Waals surface area contributed by atoms with Gasteiger partial charge in [-0.05, 0) is 49.9 Å². The molecule has 4 rings (SSSR count). The topological polar surface area (TPSA) is 87.6 Å². The molecule has 1 saturated heterocycles. The van der Waals surface area contributed by atoms with E-state index < -0.39 is 6.09 Å². The Balaban J connectivity index is 1.74. The van der Waals surface area contributed by atoms with Crippen molar-refractivity contribution in [3.05, 3.63) is 75.5 Å². The third-order valence-electron chi connectivity index (χ3n) is 6.71. The normalized spacial score (nSPS) is 19.3. The zero-order chi connectivity index (χ0) is 26.5. The summed E-state index contributed by atoms with van der Waals surface area (Å²) in [5, 5.41) is 14.7. The van der Waals surface area contributed by atoms with E-state index in [0.29, 0.717) is 41.7 Å². The van der Waals surface area contributed by atoms with Gasteiger partial charge < -0.3 is 20.1 Å². The Kier molecular flexibility index (Phi) is 8.90. The number of hydrogen-bond acceptors (Lipinski definition) is 5. The molecule has 1 amide bonds. The van der Waals surface area contributed by atoms with Gasteiger partial charge in [-0.3, -0.25) is 0 Å². The van der Waals surface area contributed by atoms with Gasteiger partial charge in [-0.25, -0.2) is 14.8 Å². The number of anilines is 1. The zero-order valence-corrected chi connectivity index (χ0v) is 22.8. The molecule has 196 valence electrons. The van der Waals surface area contributed by atoms with Crippen LogP contribution in [0, 0.1) is 0 Å². The van der Waals surface area contributed by atoms with Crippen LogP contribution in [-0.4, -0.2) is 57.4 Å². The Labute approximate surface area is 227 Å². The minimum atomic E-state index is -0.960. The van der Waals surface area contributed by atoms with Crippen molar-refractivity contribution in [3.63, 3.8) is 0 Å². The number of hydrogen-bond donors (Lipinski definition) is 2. The number of ether oxygens (including phenoxy) is 1. The van der Waals surface area contributed by atoms with Crippen molar-refractivity contribution in [2.75, 3.05) is 18.5 Å². The minimum Gasteiger partial charge on any atom is -0.465 e. The van der Waals surface area contributed by atoms with Gasteiger partial charge in [0, 0.05) is 17.2 Å². The van der Waals surface area contributed by atoms with E-state index in [1.807, 2.05) is 57.2 Å². The van der Waals surface area contributed by atoms with Gasteiger partial charge in [-0.15, -0.1) is 0 Å². The molecule has 3 atom stereocenters. The molecule has 2 aromatic carbocycles. The van der Waals surface area contributed by atoms with Crippen molar-refractivity contribution >= 4 is 35.1 Å². The highest BCUT2D eigenvalue weighted by atomic mass is 35.5. The second kappa shape index (κ2) is 12.1. The number of aromatic nitrogens is 2. The molecule has 0 aliphatic carbocycles. The van der Waals surface area contributed by atoms with Gasteiger partial charge in [0.05, 0.1) is 46.8 Å². The minimum absolute atomic E-state index is 0.284. The average molecular weight is 543 g/mol. The van der Waals surface area contributed by atoms with Crippen molar-refractivity contribution in [2.45, 2.75) is 58.2 Å². The highest BCUT2D eigenvalue weighted by molar-refractivity contribution is 6.36. The van der Waals surface area contributed by atoms with E-state index in [-0.39, 0.29) is 24.7 Å². The van der Waals surface area contributed by atoms with Crippen LogP contribution in [0.15, 0.2) is 48.5 Å². The molecule has 1 aliphatic rings. The Morgan fingerprint density at radius 1 is 1.08 bits per heavy atom. The van der Waals surface area contributed by atoms with Gasteiger partial charge in [0.25, 0.3) is 0 Å². The predicted octanol–water partition coefficient (Wildman–Crippen LogP) is 6.37. The number of benzene rings is 2. The second-order valence-corrected chi connectivity index (χ2v) is 9.85. The molecule has 1 fully saturated rings. The Morgan fingerprint density at radius 2 is 1.81 bits per heavy atom. The third kappa shape index (κ3) is 6.00. The lowest BCUT2D eigenvalue weighted by Crippen LogP contribution is -2.45. The number of rotatable bonds is 9. The lowest BCUT2D eigenvalue weighted by atomic mass is 9.98. The van der Waals surface area contributed by atoms with Gasteiger partial charge in [0.2, 0.25) is 0 Å².